The number of rotatable bonds is 6. The molecule has 0 heterocycles. The fourth-order valence-electron chi connectivity index (χ4n) is 1.89. The maximum atomic E-state index is 11.9. The van der Waals surface area contributed by atoms with Crippen LogP contribution in [0.25, 0.3) is 0 Å². The predicted molar refractivity (Wildman–Crippen MR) is 78.3 cm³/mol. The molecule has 0 saturated heterocycles. The average Bonchev–Trinajstić information content (AvgIpc) is 2.29. The molecule has 0 aliphatic rings. The molecule has 6 nitrogen and oxygen atoms in total. The van der Waals surface area contributed by atoms with Crippen molar-refractivity contribution in [3.05, 3.63) is 23.8 Å². The Labute approximate surface area is 118 Å². The molecule has 5 N–H and O–H groups in total. The summed E-state index contributed by atoms with van der Waals surface area (Å²) in [6.45, 7) is 5.65. The molecule has 0 aromatic heterocycles. The average molecular weight is 279 g/mol. The van der Waals surface area contributed by atoms with E-state index in [1.807, 2.05) is 13.8 Å². The number of nitrogens with two attached hydrogens (primary N) is 2. The predicted octanol–water partition coefficient (Wildman–Crippen LogP) is 1.51. The molecule has 110 valence electrons. The van der Waals surface area contributed by atoms with Crippen molar-refractivity contribution in [3.8, 4) is 0 Å². The van der Waals surface area contributed by atoms with E-state index in [0.717, 1.165) is 0 Å². The minimum Gasteiger partial charge on any atom is -0.462 e. The van der Waals surface area contributed by atoms with Crippen LogP contribution < -0.4 is 16.8 Å². The number of hydrogen-bond acceptors (Lipinski definition) is 5. The lowest BCUT2D eigenvalue weighted by Gasteiger charge is -2.27. The Hall–Kier alpha value is -2.24. The van der Waals surface area contributed by atoms with E-state index in [1.165, 1.54) is 0 Å². The smallest absolute Gasteiger partial charge is 0.340 e. The van der Waals surface area contributed by atoms with E-state index >= 15 is 0 Å². The lowest BCUT2D eigenvalue weighted by Crippen LogP contribution is -2.36. The Morgan fingerprint density at radius 1 is 1.35 bits per heavy atom. The van der Waals surface area contributed by atoms with Crippen LogP contribution in [-0.4, -0.2) is 24.0 Å². The van der Waals surface area contributed by atoms with E-state index in [4.69, 9.17) is 16.2 Å². The van der Waals surface area contributed by atoms with Gasteiger partial charge < -0.3 is 21.5 Å². The zero-order chi connectivity index (χ0) is 15.3. The topological polar surface area (TPSA) is 107 Å². The number of esters is 1. The molecule has 0 aliphatic carbocycles. The van der Waals surface area contributed by atoms with Gasteiger partial charge in [0.1, 0.15) is 0 Å². The summed E-state index contributed by atoms with van der Waals surface area (Å²) in [4.78, 5) is 23.0. The van der Waals surface area contributed by atoms with Gasteiger partial charge in [0, 0.05) is 23.3 Å². The van der Waals surface area contributed by atoms with Crippen LogP contribution in [0.15, 0.2) is 18.2 Å². The molecule has 0 fully saturated rings. The van der Waals surface area contributed by atoms with E-state index in [2.05, 4.69) is 5.32 Å². The highest BCUT2D eigenvalue weighted by Gasteiger charge is 2.23. The normalized spacial score (nSPS) is 10.9. The number of hydrogen-bond donors (Lipinski definition) is 3. The highest BCUT2D eigenvalue weighted by atomic mass is 16.5. The number of anilines is 2. The second-order valence-corrected chi connectivity index (χ2v) is 5.18. The first-order chi connectivity index (χ1) is 9.25. The number of nitrogen functional groups attached to an aromatic ring is 1. The Kier molecular flexibility index (Phi) is 4.96. The van der Waals surface area contributed by atoms with Crippen molar-refractivity contribution in [3.63, 3.8) is 0 Å². The van der Waals surface area contributed by atoms with Crippen molar-refractivity contribution in [1.29, 1.82) is 0 Å². The van der Waals surface area contributed by atoms with Crippen molar-refractivity contribution >= 4 is 23.3 Å². The van der Waals surface area contributed by atoms with Crippen molar-refractivity contribution in [2.75, 3.05) is 17.7 Å². The number of carbonyl (C=O) groups excluding carboxylic acids is 2. The van der Waals surface area contributed by atoms with Gasteiger partial charge in [-0.2, -0.15) is 0 Å². The van der Waals surface area contributed by atoms with Gasteiger partial charge in [-0.15, -0.1) is 0 Å². The number of nitrogens with one attached hydrogen (secondary N) is 1. The summed E-state index contributed by atoms with van der Waals surface area (Å²) in [5, 5.41) is 3.13. The molecule has 0 spiro atoms. The second-order valence-electron chi connectivity index (χ2n) is 5.18. The lowest BCUT2D eigenvalue weighted by molar-refractivity contribution is -0.118. The lowest BCUT2D eigenvalue weighted by atomic mass is 9.98. The van der Waals surface area contributed by atoms with Crippen molar-refractivity contribution in [1.82, 2.24) is 0 Å². The SMILES string of the molecule is CCOC(=O)c1cc(N)ccc1NC(C)(C)CC(N)=O. The quantitative estimate of drug-likeness (QED) is 0.540. The maximum absolute atomic E-state index is 11.9. The van der Waals surface area contributed by atoms with Gasteiger partial charge in [0.25, 0.3) is 0 Å². The summed E-state index contributed by atoms with van der Waals surface area (Å²) in [5.74, 6) is -0.882. The molecule has 1 aromatic carbocycles. The summed E-state index contributed by atoms with van der Waals surface area (Å²) in [7, 11) is 0. The molecule has 20 heavy (non-hydrogen) atoms. The zero-order valence-corrected chi connectivity index (χ0v) is 12.0. The van der Waals surface area contributed by atoms with Crippen LogP contribution in [0.4, 0.5) is 11.4 Å². The van der Waals surface area contributed by atoms with Crippen LogP contribution in [0.3, 0.4) is 0 Å². The first kappa shape index (κ1) is 15.8. The molecule has 1 rings (SSSR count). The molecule has 0 saturated carbocycles. The van der Waals surface area contributed by atoms with Crippen LogP contribution in [0.5, 0.6) is 0 Å². The summed E-state index contributed by atoms with van der Waals surface area (Å²) >= 11 is 0. The van der Waals surface area contributed by atoms with Crippen LogP contribution in [0.1, 0.15) is 37.6 Å². The van der Waals surface area contributed by atoms with Crippen molar-refractivity contribution < 1.29 is 14.3 Å². The standard InChI is InChI=1S/C14H21N3O3/c1-4-20-13(19)10-7-9(15)5-6-11(10)17-14(2,3)8-12(16)18/h5-7,17H,4,8,15H2,1-3H3,(H2,16,18). The highest BCUT2D eigenvalue weighted by Crippen LogP contribution is 2.24. The summed E-state index contributed by atoms with van der Waals surface area (Å²) in [6.07, 6.45) is 0.139. The third kappa shape index (κ3) is 4.46. The summed E-state index contributed by atoms with van der Waals surface area (Å²) < 4.78 is 4.99. The molecule has 1 amide bonds. The van der Waals surface area contributed by atoms with E-state index in [0.29, 0.717) is 16.9 Å². The van der Waals surface area contributed by atoms with Crippen molar-refractivity contribution in [2.45, 2.75) is 32.7 Å². The number of benzene rings is 1. The fourth-order valence-corrected chi connectivity index (χ4v) is 1.89. The van der Waals surface area contributed by atoms with Gasteiger partial charge in [0.2, 0.25) is 5.91 Å². The molecular weight excluding hydrogens is 258 g/mol. The summed E-state index contributed by atoms with van der Waals surface area (Å²) in [5.41, 5.74) is 11.7. The Morgan fingerprint density at radius 3 is 2.55 bits per heavy atom. The largest absolute Gasteiger partial charge is 0.462 e. The summed E-state index contributed by atoms with van der Waals surface area (Å²) in [6, 6.07) is 4.90. The van der Waals surface area contributed by atoms with Gasteiger partial charge >= 0.3 is 5.97 Å². The third-order valence-electron chi connectivity index (χ3n) is 2.63. The van der Waals surface area contributed by atoms with Gasteiger partial charge in [-0.25, -0.2) is 4.79 Å². The number of primary amides is 1. The Balaban J connectivity index is 3.05. The second kappa shape index (κ2) is 6.27. The maximum Gasteiger partial charge on any atom is 0.340 e. The first-order valence-corrected chi connectivity index (χ1v) is 6.38. The van der Waals surface area contributed by atoms with Crippen LogP contribution >= 0.6 is 0 Å². The van der Waals surface area contributed by atoms with Gasteiger partial charge in [-0.3, -0.25) is 4.79 Å². The number of carbonyl (C=O) groups is 2. The first-order valence-electron chi connectivity index (χ1n) is 6.38. The van der Waals surface area contributed by atoms with Crippen LogP contribution in [0, 0.1) is 0 Å². The molecule has 0 radical (unpaired) electrons. The Bertz CT molecular complexity index is 512. The minimum atomic E-state index is -0.580. The van der Waals surface area contributed by atoms with E-state index in [1.54, 1.807) is 25.1 Å². The van der Waals surface area contributed by atoms with Gasteiger partial charge in [0.15, 0.2) is 0 Å². The van der Waals surface area contributed by atoms with Crippen molar-refractivity contribution in [2.24, 2.45) is 5.73 Å². The van der Waals surface area contributed by atoms with E-state index in [-0.39, 0.29) is 13.0 Å². The molecular formula is C14H21N3O3. The van der Waals surface area contributed by atoms with Gasteiger partial charge in [0.05, 0.1) is 12.2 Å². The van der Waals surface area contributed by atoms with E-state index in [9.17, 15) is 9.59 Å². The molecule has 0 atom stereocenters. The number of amides is 1. The molecule has 6 heteroatoms. The van der Waals surface area contributed by atoms with Gasteiger partial charge in [-0.05, 0) is 39.0 Å². The van der Waals surface area contributed by atoms with Gasteiger partial charge in [-0.1, -0.05) is 0 Å². The van der Waals surface area contributed by atoms with Crippen LogP contribution in [0.2, 0.25) is 0 Å². The minimum absolute atomic E-state index is 0.139. The molecule has 0 unspecified atom stereocenters. The fraction of sp³-hybridized carbons (Fsp3) is 0.429. The third-order valence-corrected chi connectivity index (χ3v) is 2.63. The molecule has 0 bridgehead atoms. The highest BCUT2D eigenvalue weighted by molar-refractivity contribution is 5.97. The molecule has 1 aromatic rings. The zero-order valence-electron chi connectivity index (χ0n) is 12.0. The van der Waals surface area contributed by atoms with E-state index < -0.39 is 17.4 Å². The monoisotopic (exact) mass is 279 g/mol. The molecule has 0 aliphatic heterocycles. The van der Waals surface area contributed by atoms with Crippen LogP contribution in [-0.2, 0) is 9.53 Å². The Morgan fingerprint density at radius 2 is 2.00 bits per heavy atom. The number of ether oxygens (including phenoxy) is 1.